The number of para-hydroxylation sites is 1. The molecule has 160 valence electrons. The third kappa shape index (κ3) is 3.77. The monoisotopic (exact) mass is 419 g/mol. The minimum Gasteiger partial charge on any atom is -0.481 e. The third-order valence-electron chi connectivity index (χ3n) is 6.17. The Morgan fingerprint density at radius 3 is 2.71 bits per heavy atom. The predicted molar refractivity (Wildman–Crippen MR) is 116 cm³/mol. The van der Waals surface area contributed by atoms with Gasteiger partial charge in [-0.15, -0.1) is 0 Å². The normalized spacial score (nSPS) is 21.2. The number of nitrogens with zero attached hydrogens (tertiary/aromatic N) is 3. The molecule has 2 aromatic heterocycles. The number of pyridine rings is 2. The first-order valence-electron chi connectivity index (χ1n) is 10.5. The summed E-state index contributed by atoms with van der Waals surface area (Å²) in [5.41, 5.74) is 1.41. The van der Waals surface area contributed by atoms with Crippen LogP contribution in [0.5, 0.6) is 0 Å². The van der Waals surface area contributed by atoms with Crippen LogP contribution in [-0.4, -0.2) is 56.2 Å². The fourth-order valence-corrected chi connectivity index (χ4v) is 4.44. The average molecular weight is 419 g/mol. The van der Waals surface area contributed by atoms with Gasteiger partial charge < -0.3 is 15.1 Å². The highest BCUT2D eigenvalue weighted by molar-refractivity contribution is 6.07. The molecular weight excluding hydrogens is 394 g/mol. The van der Waals surface area contributed by atoms with E-state index in [0.717, 1.165) is 10.9 Å². The standard InChI is InChI=1S/C24H25N3O4/c1-2-9-24(23(30)31)10-12-27(15-21(24)28)22(29)18-13-20(16-6-5-11-25-14-16)26-19-8-4-3-7-17(18)19/h3-8,11,13-14,21,28H,2,9-10,12,15H2,1H3,(H,30,31)/t21-,24-/m0/s1. The van der Waals surface area contributed by atoms with Crippen LogP contribution in [-0.2, 0) is 4.79 Å². The van der Waals surface area contributed by atoms with Crippen molar-refractivity contribution in [3.05, 3.63) is 60.4 Å². The molecule has 7 heteroatoms. The summed E-state index contributed by atoms with van der Waals surface area (Å²) in [5, 5.41) is 21.2. The number of rotatable bonds is 5. The van der Waals surface area contributed by atoms with Crippen LogP contribution in [0.2, 0.25) is 0 Å². The second-order valence-corrected chi connectivity index (χ2v) is 8.04. The molecule has 2 N–H and O–H groups in total. The molecule has 0 bridgehead atoms. The van der Waals surface area contributed by atoms with Crippen molar-refractivity contribution < 1.29 is 19.8 Å². The van der Waals surface area contributed by atoms with Gasteiger partial charge in [0.1, 0.15) is 0 Å². The number of likely N-dealkylation sites (tertiary alicyclic amines) is 1. The number of aromatic nitrogens is 2. The molecule has 0 saturated carbocycles. The van der Waals surface area contributed by atoms with Gasteiger partial charge in [-0.05, 0) is 37.1 Å². The van der Waals surface area contributed by atoms with Crippen LogP contribution in [0.4, 0.5) is 0 Å². The van der Waals surface area contributed by atoms with Gasteiger partial charge in [0.2, 0.25) is 0 Å². The lowest BCUT2D eigenvalue weighted by molar-refractivity contribution is -0.162. The van der Waals surface area contributed by atoms with Crippen LogP contribution < -0.4 is 0 Å². The highest BCUT2D eigenvalue weighted by atomic mass is 16.4. The number of piperidine rings is 1. The number of carboxylic acid groups (broad SMARTS) is 1. The number of hydrogen-bond donors (Lipinski definition) is 2. The average Bonchev–Trinajstić information content (AvgIpc) is 2.79. The van der Waals surface area contributed by atoms with E-state index in [4.69, 9.17) is 0 Å². The van der Waals surface area contributed by atoms with Crippen molar-refractivity contribution in [2.75, 3.05) is 13.1 Å². The number of aliphatic hydroxyl groups excluding tert-OH is 1. The number of amides is 1. The lowest BCUT2D eigenvalue weighted by Gasteiger charge is -2.42. The van der Waals surface area contributed by atoms with E-state index in [9.17, 15) is 19.8 Å². The maximum atomic E-state index is 13.5. The molecule has 1 amide bonds. The Bertz CT molecular complexity index is 1120. The lowest BCUT2D eigenvalue weighted by Crippen LogP contribution is -2.56. The van der Waals surface area contributed by atoms with Crippen molar-refractivity contribution in [2.45, 2.75) is 32.3 Å². The first-order valence-corrected chi connectivity index (χ1v) is 10.5. The Balaban J connectivity index is 1.71. The molecule has 0 aliphatic carbocycles. The van der Waals surface area contributed by atoms with Gasteiger partial charge >= 0.3 is 5.97 Å². The van der Waals surface area contributed by atoms with E-state index in [0.29, 0.717) is 29.6 Å². The number of aliphatic carboxylic acids is 1. The molecule has 3 heterocycles. The summed E-state index contributed by atoms with van der Waals surface area (Å²) in [5.74, 6) is -1.24. The highest BCUT2D eigenvalue weighted by Gasteiger charge is 2.48. The van der Waals surface area contributed by atoms with Crippen molar-refractivity contribution >= 4 is 22.8 Å². The molecule has 2 atom stereocenters. The topological polar surface area (TPSA) is 104 Å². The van der Waals surface area contributed by atoms with E-state index >= 15 is 0 Å². The first-order chi connectivity index (χ1) is 15.0. The van der Waals surface area contributed by atoms with E-state index < -0.39 is 17.5 Å². The zero-order valence-electron chi connectivity index (χ0n) is 17.4. The van der Waals surface area contributed by atoms with Gasteiger partial charge in [-0.3, -0.25) is 14.6 Å². The lowest BCUT2D eigenvalue weighted by atomic mass is 9.72. The van der Waals surface area contributed by atoms with Gasteiger partial charge in [0.25, 0.3) is 5.91 Å². The summed E-state index contributed by atoms with van der Waals surface area (Å²) in [6.07, 6.45) is 3.52. The summed E-state index contributed by atoms with van der Waals surface area (Å²) in [4.78, 5) is 35.8. The minimum atomic E-state index is -1.20. The number of fused-ring (bicyclic) bond motifs is 1. The number of aliphatic hydroxyl groups is 1. The Kier molecular flexibility index (Phi) is 5.69. The van der Waals surface area contributed by atoms with Crippen LogP contribution in [0.3, 0.4) is 0 Å². The number of hydrogen-bond acceptors (Lipinski definition) is 5. The van der Waals surface area contributed by atoms with Crippen LogP contribution >= 0.6 is 0 Å². The molecule has 1 aliphatic heterocycles. The van der Waals surface area contributed by atoms with Gasteiger partial charge in [0.05, 0.1) is 28.3 Å². The van der Waals surface area contributed by atoms with Crippen molar-refractivity contribution in [3.8, 4) is 11.3 Å². The van der Waals surface area contributed by atoms with Crippen molar-refractivity contribution in [3.63, 3.8) is 0 Å². The van der Waals surface area contributed by atoms with E-state index in [2.05, 4.69) is 9.97 Å². The molecule has 0 radical (unpaired) electrons. The first kappa shape index (κ1) is 20.9. The van der Waals surface area contributed by atoms with Crippen LogP contribution in [0, 0.1) is 5.41 Å². The summed E-state index contributed by atoms with van der Waals surface area (Å²) in [6, 6.07) is 12.9. The largest absolute Gasteiger partial charge is 0.481 e. The number of carboxylic acids is 1. The van der Waals surface area contributed by atoms with Gasteiger partial charge in [-0.25, -0.2) is 4.98 Å². The third-order valence-corrected chi connectivity index (χ3v) is 6.17. The summed E-state index contributed by atoms with van der Waals surface area (Å²) >= 11 is 0. The molecule has 31 heavy (non-hydrogen) atoms. The molecule has 1 aromatic carbocycles. The molecule has 1 saturated heterocycles. The fraction of sp³-hybridized carbons (Fsp3) is 0.333. The zero-order chi connectivity index (χ0) is 22.0. The minimum absolute atomic E-state index is 0.00991. The maximum Gasteiger partial charge on any atom is 0.312 e. The summed E-state index contributed by atoms with van der Waals surface area (Å²) in [7, 11) is 0. The summed E-state index contributed by atoms with van der Waals surface area (Å²) < 4.78 is 0. The number of β-amino-alcohol motifs (C(OH)–C–C–N with tert-alkyl or cyclic N) is 1. The number of carbonyl (C=O) groups is 2. The van der Waals surface area contributed by atoms with E-state index in [1.54, 1.807) is 23.4 Å². The maximum absolute atomic E-state index is 13.5. The Morgan fingerprint density at radius 1 is 1.23 bits per heavy atom. The van der Waals surface area contributed by atoms with Crippen molar-refractivity contribution in [2.24, 2.45) is 5.41 Å². The van der Waals surface area contributed by atoms with Crippen molar-refractivity contribution in [1.29, 1.82) is 0 Å². The number of benzene rings is 1. The second kappa shape index (κ2) is 8.43. The van der Waals surface area contributed by atoms with Gasteiger partial charge in [-0.2, -0.15) is 0 Å². The van der Waals surface area contributed by atoms with Crippen LogP contribution in [0.25, 0.3) is 22.2 Å². The molecule has 1 aliphatic rings. The highest BCUT2D eigenvalue weighted by Crippen LogP contribution is 2.37. The molecule has 0 spiro atoms. The molecular formula is C24H25N3O4. The number of carbonyl (C=O) groups excluding carboxylic acids is 1. The van der Waals surface area contributed by atoms with Crippen LogP contribution in [0.15, 0.2) is 54.9 Å². The van der Waals surface area contributed by atoms with E-state index in [-0.39, 0.29) is 25.4 Å². The Hall–Kier alpha value is -3.32. The zero-order valence-corrected chi connectivity index (χ0v) is 17.4. The summed E-state index contributed by atoms with van der Waals surface area (Å²) in [6.45, 7) is 2.17. The predicted octanol–water partition coefficient (Wildman–Crippen LogP) is 3.37. The van der Waals surface area contributed by atoms with Crippen molar-refractivity contribution in [1.82, 2.24) is 14.9 Å². The molecule has 1 fully saturated rings. The molecule has 3 aromatic rings. The Labute approximate surface area is 180 Å². The Morgan fingerprint density at radius 2 is 2.03 bits per heavy atom. The molecule has 0 unspecified atom stereocenters. The van der Waals surface area contributed by atoms with E-state index in [1.165, 1.54) is 0 Å². The van der Waals surface area contributed by atoms with Gasteiger partial charge in [-0.1, -0.05) is 31.5 Å². The van der Waals surface area contributed by atoms with Gasteiger partial charge in [0, 0.05) is 36.4 Å². The molecule has 4 rings (SSSR count). The SMILES string of the molecule is CCC[C@]1(C(=O)O)CCN(C(=O)c2cc(-c3cccnc3)nc3ccccc23)C[C@@H]1O. The van der Waals surface area contributed by atoms with Gasteiger partial charge in [0.15, 0.2) is 0 Å². The fourth-order valence-electron chi connectivity index (χ4n) is 4.44. The second-order valence-electron chi connectivity index (χ2n) is 8.04. The van der Waals surface area contributed by atoms with E-state index in [1.807, 2.05) is 43.3 Å². The van der Waals surface area contributed by atoms with Crippen LogP contribution in [0.1, 0.15) is 36.5 Å². The quantitative estimate of drug-likeness (QED) is 0.657. The smallest absolute Gasteiger partial charge is 0.312 e. The molecule has 7 nitrogen and oxygen atoms in total.